The molecule has 0 aromatic heterocycles. The first kappa shape index (κ1) is 23.8. The molecular formula is C27H31N3O5S2. The van der Waals surface area contributed by atoms with Crippen LogP contribution < -0.4 is 9.44 Å². The van der Waals surface area contributed by atoms with Crippen molar-refractivity contribution in [1.29, 1.82) is 0 Å². The Bertz CT molecular complexity index is 1430. The van der Waals surface area contributed by atoms with Crippen LogP contribution >= 0.6 is 0 Å². The Morgan fingerprint density at radius 2 is 1.08 bits per heavy atom. The summed E-state index contributed by atoms with van der Waals surface area (Å²) in [6.07, 6.45) is 10.8. The second-order valence-corrected chi connectivity index (χ2v) is 15.5. The van der Waals surface area contributed by atoms with Crippen molar-refractivity contribution in [2.75, 3.05) is 0 Å². The summed E-state index contributed by atoms with van der Waals surface area (Å²) < 4.78 is 58.1. The lowest BCUT2D eigenvalue weighted by atomic mass is 9.54. The summed E-state index contributed by atoms with van der Waals surface area (Å²) in [6.45, 7) is 0. The van der Waals surface area contributed by atoms with Gasteiger partial charge in [-0.15, -0.1) is 0 Å². The Kier molecular flexibility index (Phi) is 5.07. The number of nitrogens with one attached hydrogen (secondary N) is 2. The van der Waals surface area contributed by atoms with Gasteiger partial charge in [-0.1, -0.05) is 30.1 Å². The summed E-state index contributed by atoms with van der Waals surface area (Å²) in [5.74, 6) is 0. The maximum Gasteiger partial charge on any atom is 0.240 e. The van der Waals surface area contributed by atoms with E-state index in [0.717, 1.165) is 25.7 Å². The molecule has 0 radical (unpaired) electrons. The van der Waals surface area contributed by atoms with Gasteiger partial charge in [0.15, 0.2) is 0 Å². The fourth-order valence-electron chi connectivity index (χ4n) is 7.38. The standard InChI is InChI=1S/C27H31N3O5S2/c31-28-25-23-11-19(36(32,33)29-17-13-26(14-17)7-1-8-26)3-5-21(23)22-6-4-20(12-24(22)25)37(34,35)30-18-15-27(16-18)9-2-10-27/h3-6,11-12,17-18,29-31H,1-2,7-10,13-16H2. The molecule has 2 aromatic rings. The molecule has 7 rings (SSSR count). The minimum Gasteiger partial charge on any atom is -0.410 e. The third-order valence-electron chi connectivity index (χ3n) is 9.69. The minimum atomic E-state index is -3.74. The van der Waals surface area contributed by atoms with Gasteiger partial charge in [-0.05, 0) is 97.6 Å². The van der Waals surface area contributed by atoms with Crippen LogP contribution in [-0.4, -0.2) is 39.8 Å². The highest BCUT2D eigenvalue weighted by Crippen LogP contribution is 2.57. The number of fused-ring (bicyclic) bond motifs is 3. The zero-order valence-electron chi connectivity index (χ0n) is 20.5. The zero-order chi connectivity index (χ0) is 25.6. The number of benzene rings is 2. The van der Waals surface area contributed by atoms with E-state index in [1.165, 1.54) is 50.7 Å². The lowest BCUT2D eigenvalue weighted by Crippen LogP contribution is -2.53. The first-order chi connectivity index (χ1) is 17.6. The molecule has 4 saturated carbocycles. The van der Waals surface area contributed by atoms with E-state index in [2.05, 4.69) is 14.6 Å². The van der Waals surface area contributed by atoms with E-state index in [-0.39, 0.29) is 27.6 Å². The molecule has 0 heterocycles. The molecule has 2 spiro atoms. The van der Waals surface area contributed by atoms with Gasteiger partial charge >= 0.3 is 0 Å². The van der Waals surface area contributed by atoms with Crippen molar-refractivity contribution < 1.29 is 22.0 Å². The Hall–Kier alpha value is -2.27. The first-order valence-electron chi connectivity index (χ1n) is 13.2. The lowest BCUT2D eigenvalue weighted by molar-refractivity contribution is 0.00602. The molecule has 0 bridgehead atoms. The number of nitrogens with zero attached hydrogens (tertiary/aromatic N) is 1. The van der Waals surface area contributed by atoms with Crippen LogP contribution in [0, 0.1) is 10.8 Å². The third-order valence-corrected chi connectivity index (χ3v) is 12.7. The maximum absolute atomic E-state index is 13.1. The molecule has 5 aliphatic rings. The van der Waals surface area contributed by atoms with Gasteiger partial charge in [0.25, 0.3) is 0 Å². The van der Waals surface area contributed by atoms with E-state index >= 15 is 0 Å². The molecule has 0 unspecified atom stereocenters. The fourth-order valence-corrected chi connectivity index (χ4v) is 9.90. The van der Waals surface area contributed by atoms with Crippen molar-refractivity contribution in [3.63, 3.8) is 0 Å². The van der Waals surface area contributed by atoms with Crippen LogP contribution in [0.2, 0.25) is 0 Å². The van der Waals surface area contributed by atoms with Crippen molar-refractivity contribution in [2.24, 2.45) is 16.0 Å². The fraction of sp³-hybridized carbons (Fsp3) is 0.519. The molecule has 3 N–H and O–H groups in total. The molecule has 37 heavy (non-hydrogen) atoms. The van der Waals surface area contributed by atoms with Crippen molar-refractivity contribution in [3.05, 3.63) is 47.5 Å². The van der Waals surface area contributed by atoms with Gasteiger partial charge in [0.2, 0.25) is 20.0 Å². The summed E-state index contributed by atoms with van der Waals surface area (Å²) in [5.41, 5.74) is 3.24. The molecule has 0 amide bonds. The Morgan fingerprint density at radius 1 is 0.676 bits per heavy atom. The summed E-state index contributed by atoms with van der Waals surface area (Å²) in [7, 11) is -7.47. The second-order valence-electron chi connectivity index (χ2n) is 12.0. The molecule has 4 fully saturated rings. The molecule has 0 aliphatic heterocycles. The van der Waals surface area contributed by atoms with E-state index < -0.39 is 20.0 Å². The monoisotopic (exact) mass is 541 g/mol. The van der Waals surface area contributed by atoms with Gasteiger partial charge in [-0.25, -0.2) is 26.3 Å². The summed E-state index contributed by atoms with van der Waals surface area (Å²) in [4.78, 5) is 0.221. The van der Waals surface area contributed by atoms with E-state index in [9.17, 15) is 22.0 Å². The van der Waals surface area contributed by atoms with Gasteiger partial charge in [0.05, 0.1) is 9.79 Å². The molecule has 196 valence electrons. The Labute approximate surface area is 217 Å². The van der Waals surface area contributed by atoms with Crippen LogP contribution in [0.4, 0.5) is 0 Å². The number of rotatable bonds is 6. The molecule has 5 aliphatic carbocycles. The van der Waals surface area contributed by atoms with Crippen LogP contribution in [0.25, 0.3) is 11.1 Å². The van der Waals surface area contributed by atoms with Crippen molar-refractivity contribution in [2.45, 2.75) is 86.1 Å². The number of sulfonamides is 2. The predicted octanol–water partition coefficient (Wildman–Crippen LogP) is 4.12. The van der Waals surface area contributed by atoms with E-state index in [1.54, 1.807) is 24.3 Å². The first-order valence-corrected chi connectivity index (χ1v) is 16.1. The van der Waals surface area contributed by atoms with Crippen molar-refractivity contribution >= 4 is 25.8 Å². The van der Waals surface area contributed by atoms with E-state index in [1.807, 2.05) is 0 Å². The molecule has 8 nitrogen and oxygen atoms in total. The summed E-state index contributed by atoms with van der Waals surface area (Å²) in [5, 5.41) is 13.3. The van der Waals surface area contributed by atoms with E-state index in [4.69, 9.17) is 0 Å². The molecule has 2 aromatic carbocycles. The van der Waals surface area contributed by atoms with Crippen LogP contribution in [0.3, 0.4) is 0 Å². The SMILES string of the molecule is O=S(=O)(NC1CC2(CCC2)C1)c1ccc2c(c1)C(=NO)c1cc(S(=O)(=O)NC3CC4(CCC4)C3)ccc1-2. The van der Waals surface area contributed by atoms with Crippen LogP contribution in [0.1, 0.15) is 75.3 Å². The quantitative estimate of drug-likeness (QED) is 0.320. The van der Waals surface area contributed by atoms with E-state index in [0.29, 0.717) is 33.1 Å². The normalized spacial score (nSPS) is 25.0. The third kappa shape index (κ3) is 3.71. The number of hydrogen-bond acceptors (Lipinski definition) is 6. The topological polar surface area (TPSA) is 125 Å². The Balaban J connectivity index is 1.13. The minimum absolute atomic E-state index is 0.0446. The largest absolute Gasteiger partial charge is 0.410 e. The van der Waals surface area contributed by atoms with Crippen molar-refractivity contribution in [3.8, 4) is 11.1 Å². The molecule has 10 heteroatoms. The molecule has 0 atom stereocenters. The van der Waals surface area contributed by atoms with Gasteiger partial charge < -0.3 is 5.21 Å². The summed E-state index contributed by atoms with van der Waals surface area (Å²) in [6, 6.07) is 9.47. The smallest absolute Gasteiger partial charge is 0.240 e. The van der Waals surface area contributed by atoms with Gasteiger partial charge in [-0.2, -0.15) is 0 Å². The maximum atomic E-state index is 13.1. The number of oxime groups is 1. The average molecular weight is 542 g/mol. The van der Waals surface area contributed by atoms with Crippen molar-refractivity contribution in [1.82, 2.24) is 9.44 Å². The van der Waals surface area contributed by atoms with Gasteiger partial charge in [0, 0.05) is 23.2 Å². The molecule has 0 saturated heterocycles. The van der Waals surface area contributed by atoms with Crippen LogP contribution in [0.5, 0.6) is 0 Å². The van der Waals surface area contributed by atoms with Gasteiger partial charge in [0.1, 0.15) is 5.71 Å². The highest BCUT2D eigenvalue weighted by atomic mass is 32.2. The lowest BCUT2D eigenvalue weighted by Gasteiger charge is -2.54. The van der Waals surface area contributed by atoms with Crippen LogP contribution in [-0.2, 0) is 20.0 Å². The predicted molar refractivity (Wildman–Crippen MR) is 139 cm³/mol. The zero-order valence-corrected chi connectivity index (χ0v) is 22.2. The highest BCUT2D eigenvalue weighted by molar-refractivity contribution is 7.89. The highest BCUT2D eigenvalue weighted by Gasteiger charge is 2.50. The second kappa shape index (κ2) is 7.88. The summed E-state index contributed by atoms with van der Waals surface area (Å²) >= 11 is 0. The van der Waals surface area contributed by atoms with Gasteiger partial charge in [-0.3, -0.25) is 0 Å². The molecular weight excluding hydrogens is 510 g/mol. The Morgan fingerprint density at radius 3 is 1.41 bits per heavy atom. The average Bonchev–Trinajstić information content (AvgIpc) is 3.07. The van der Waals surface area contributed by atoms with Crippen LogP contribution in [0.15, 0.2) is 51.3 Å². The number of hydrogen-bond donors (Lipinski definition) is 3.